The van der Waals surface area contributed by atoms with E-state index in [0.717, 1.165) is 32.7 Å². The highest BCUT2D eigenvalue weighted by molar-refractivity contribution is 5.87. The first-order valence-electron chi connectivity index (χ1n) is 8.03. The zero-order chi connectivity index (χ0) is 16.7. The molecule has 1 unspecified atom stereocenters. The van der Waals surface area contributed by atoms with E-state index in [-0.39, 0.29) is 30.3 Å². The van der Waals surface area contributed by atoms with Crippen molar-refractivity contribution >= 4 is 11.8 Å². The van der Waals surface area contributed by atoms with Crippen LogP contribution in [0.5, 0.6) is 0 Å². The van der Waals surface area contributed by atoms with Gasteiger partial charge in [-0.1, -0.05) is 13.8 Å². The lowest BCUT2D eigenvalue weighted by Gasteiger charge is -2.34. The standard InChI is InChI=1S/C15H31N5O2/c1-11(2)14(16)15(22)17-9-13(21)18-12(3)10-20-7-5-19(4)6-8-20/h11-12,14H,5-10,16H2,1-4H3,(H,17,22)(H,18,21)/t12?,14-/m0/s1. The molecule has 22 heavy (non-hydrogen) atoms. The minimum atomic E-state index is -0.574. The summed E-state index contributed by atoms with van der Waals surface area (Å²) in [4.78, 5) is 28.2. The highest BCUT2D eigenvalue weighted by Gasteiger charge is 2.19. The van der Waals surface area contributed by atoms with Crippen molar-refractivity contribution in [2.24, 2.45) is 11.7 Å². The second kappa shape index (κ2) is 9.07. The van der Waals surface area contributed by atoms with Gasteiger partial charge in [-0.3, -0.25) is 14.5 Å². The summed E-state index contributed by atoms with van der Waals surface area (Å²) in [5.74, 6) is -0.401. The summed E-state index contributed by atoms with van der Waals surface area (Å²) in [5, 5.41) is 5.49. The van der Waals surface area contributed by atoms with Crippen molar-refractivity contribution in [3.63, 3.8) is 0 Å². The predicted molar refractivity (Wildman–Crippen MR) is 87.4 cm³/mol. The lowest BCUT2D eigenvalue weighted by atomic mass is 10.1. The Balaban J connectivity index is 2.22. The van der Waals surface area contributed by atoms with E-state index in [2.05, 4.69) is 27.5 Å². The molecule has 7 heteroatoms. The summed E-state index contributed by atoms with van der Waals surface area (Å²) in [7, 11) is 2.12. The molecular formula is C15H31N5O2. The van der Waals surface area contributed by atoms with Gasteiger partial charge in [-0.05, 0) is 19.9 Å². The molecule has 2 atom stereocenters. The molecule has 0 aromatic rings. The number of likely N-dealkylation sites (N-methyl/N-ethyl adjacent to an activating group) is 1. The van der Waals surface area contributed by atoms with Crippen molar-refractivity contribution in [2.45, 2.75) is 32.9 Å². The van der Waals surface area contributed by atoms with Gasteiger partial charge in [0.05, 0.1) is 12.6 Å². The minimum absolute atomic E-state index is 0.0215. The summed E-state index contributed by atoms with van der Waals surface area (Å²) < 4.78 is 0. The minimum Gasteiger partial charge on any atom is -0.351 e. The van der Waals surface area contributed by atoms with Crippen LogP contribution in [0.2, 0.25) is 0 Å². The van der Waals surface area contributed by atoms with Gasteiger partial charge in [-0.25, -0.2) is 0 Å². The van der Waals surface area contributed by atoms with Crippen LogP contribution in [0, 0.1) is 5.92 Å². The van der Waals surface area contributed by atoms with Crippen LogP contribution >= 0.6 is 0 Å². The van der Waals surface area contributed by atoms with Gasteiger partial charge in [0, 0.05) is 38.8 Å². The van der Waals surface area contributed by atoms with Crippen LogP contribution in [0.25, 0.3) is 0 Å². The molecule has 0 spiro atoms. The maximum absolute atomic E-state index is 11.9. The number of carbonyl (C=O) groups is 2. The third kappa shape index (κ3) is 6.72. The Hall–Kier alpha value is -1.18. The first-order chi connectivity index (χ1) is 10.3. The molecule has 1 fully saturated rings. The number of hydrogen-bond acceptors (Lipinski definition) is 5. The highest BCUT2D eigenvalue weighted by atomic mass is 16.2. The van der Waals surface area contributed by atoms with Crippen LogP contribution in [-0.4, -0.2) is 80.0 Å². The molecule has 0 radical (unpaired) electrons. The molecule has 2 amide bonds. The molecule has 0 aliphatic carbocycles. The predicted octanol–water partition coefficient (Wildman–Crippen LogP) is -1.16. The van der Waals surface area contributed by atoms with Crippen molar-refractivity contribution in [3.05, 3.63) is 0 Å². The summed E-state index contributed by atoms with van der Waals surface area (Å²) in [6, 6.07) is -0.512. The maximum atomic E-state index is 11.9. The van der Waals surface area contributed by atoms with Crippen LogP contribution in [0.4, 0.5) is 0 Å². The first-order valence-corrected chi connectivity index (χ1v) is 8.03. The first kappa shape index (κ1) is 18.9. The summed E-state index contributed by atoms with van der Waals surface area (Å²) in [6.45, 7) is 10.7. The van der Waals surface area contributed by atoms with E-state index < -0.39 is 6.04 Å². The number of nitrogens with zero attached hydrogens (tertiary/aromatic N) is 2. The average Bonchev–Trinajstić information content (AvgIpc) is 2.46. The fourth-order valence-electron chi connectivity index (χ4n) is 2.38. The van der Waals surface area contributed by atoms with E-state index in [0.29, 0.717) is 0 Å². The zero-order valence-electron chi connectivity index (χ0n) is 14.3. The van der Waals surface area contributed by atoms with Crippen molar-refractivity contribution in [1.82, 2.24) is 20.4 Å². The van der Waals surface area contributed by atoms with Crippen LogP contribution in [-0.2, 0) is 9.59 Å². The molecule has 0 aromatic heterocycles. The summed E-state index contributed by atoms with van der Waals surface area (Å²) in [5.41, 5.74) is 5.73. The monoisotopic (exact) mass is 313 g/mol. The Bertz CT molecular complexity index is 367. The molecule has 1 aliphatic rings. The smallest absolute Gasteiger partial charge is 0.239 e. The van der Waals surface area contributed by atoms with Crippen LogP contribution < -0.4 is 16.4 Å². The fraction of sp³-hybridized carbons (Fsp3) is 0.867. The molecule has 1 heterocycles. The van der Waals surface area contributed by atoms with Gasteiger partial charge in [0.15, 0.2) is 0 Å². The van der Waals surface area contributed by atoms with Crippen LogP contribution in [0.15, 0.2) is 0 Å². The van der Waals surface area contributed by atoms with Crippen LogP contribution in [0.1, 0.15) is 20.8 Å². The average molecular weight is 313 g/mol. The molecular weight excluding hydrogens is 282 g/mol. The van der Waals surface area contributed by atoms with Crippen LogP contribution in [0.3, 0.4) is 0 Å². The highest BCUT2D eigenvalue weighted by Crippen LogP contribution is 2.00. The lowest BCUT2D eigenvalue weighted by molar-refractivity contribution is -0.127. The number of nitrogens with one attached hydrogen (secondary N) is 2. The Morgan fingerprint density at radius 2 is 1.73 bits per heavy atom. The van der Waals surface area contributed by atoms with Gasteiger partial charge < -0.3 is 21.3 Å². The second-order valence-corrected chi connectivity index (χ2v) is 6.56. The molecule has 0 saturated carbocycles. The van der Waals surface area contributed by atoms with Crippen molar-refractivity contribution < 1.29 is 9.59 Å². The number of rotatable bonds is 7. The molecule has 1 rings (SSSR count). The van der Waals surface area contributed by atoms with Gasteiger partial charge in [0.1, 0.15) is 0 Å². The van der Waals surface area contributed by atoms with Gasteiger partial charge >= 0.3 is 0 Å². The third-order valence-electron chi connectivity index (χ3n) is 3.98. The molecule has 1 aliphatic heterocycles. The largest absolute Gasteiger partial charge is 0.351 e. The number of piperazine rings is 1. The second-order valence-electron chi connectivity index (χ2n) is 6.56. The van der Waals surface area contributed by atoms with E-state index in [1.807, 2.05) is 20.8 Å². The topological polar surface area (TPSA) is 90.7 Å². The Morgan fingerprint density at radius 1 is 1.14 bits per heavy atom. The van der Waals surface area contributed by atoms with E-state index in [4.69, 9.17) is 5.73 Å². The number of hydrogen-bond donors (Lipinski definition) is 3. The Morgan fingerprint density at radius 3 is 2.27 bits per heavy atom. The maximum Gasteiger partial charge on any atom is 0.239 e. The molecule has 1 saturated heterocycles. The summed E-state index contributed by atoms with van der Waals surface area (Å²) >= 11 is 0. The fourth-order valence-corrected chi connectivity index (χ4v) is 2.38. The van der Waals surface area contributed by atoms with Gasteiger partial charge in [-0.2, -0.15) is 0 Å². The van der Waals surface area contributed by atoms with Gasteiger partial charge in [0.2, 0.25) is 11.8 Å². The Kier molecular flexibility index (Phi) is 7.78. The van der Waals surface area contributed by atoms with E-state index in [9.17, 15) is 9.59 Å². The van der Waals surface area contributed by atoms with E-state index in [1.165, 1.54) is 0 Å². The summed E-state index contributed by atoms with van der Waals surface area (Å²) in [6.07, 6.45) is 0. The quantitative estimate of drug-likeness (QED) is 0.551. The normalized spacial score (nSPS) is 19.7. The van der Waals surface area contributed by atoms with E-state index >= 15 is 0 Å². The Labute approximate surface area is 133 Å². The molecule has 4 N–H and O–H groups in total. The van der Waals surface area contributed by atoms with Gasteiger partial charge in [0.25, 0.3) is 0 Å². The zero-order valence-corrected chi connectivity index (χ0v) is 14.3. The number of amides is 2. The molecule has 128 valence electrons. The van der Waals surface area contributed by atoms with Crippen molar-refractivity contribution in [2.75, 3.05) is 46.3 Å². The van der Waals surface area contributed by atoms with Crippen molar-refractivity contribution in [3.8, 4) is 0 Å². The number of nitrogens with two attached hydrogens (primary N) is 1. The van der Waals surface area contributed by atoms with Crippen molar-refractivity contribution in [1.29, 1.82) is 0 Å². The third-order valence-corrected chi connectivity index (χ3v) is 3.98. The van der Waals surface area contributed by atoms with Gasteiger partial charge in [-0.15, -0.1) is 0 Å². The SMILES string of the molecule is CC(CN1CCN(C)CC1)NC(=O)CNC(=O)[C@@H](N)C(C)C. The molecule has 0 bridgehead atoms. The molecule has 7 nitrogen and oxygen atoms in total. The number of carbonyl (C=O) groups excluding carboxylic acids is 2. The molecule has 0 aromatic carbocycles. The lowest BCUT2D eigenvalue weighted by Crippen LogP contribution is -2.51. The van der Waals surface area contributed by atoms with E-state index in [1.54, 1.807) is 0 Å².